The van der Waals surface area contributed by atoms with Gasteiger partial charge in [-0.1, -0.05) is 30.3 Å². The first-order chi connectivity index (χ1) is 17.8. The molecular formula is C27H27F6N3O2. The maximum absolute atomic E-state index is 13.5. The molecule has 0 amide bonds. The zero-order valence-electron chi connectivity index (χ0n) is 20.7. The van der Waals surface area contributed by atoms with Gasteiger partial charge in [0.15, 0.2) is 6.10 Å². The van der Waals surface area contributed by atoms with Crippen LogP contribution in [0.1, 0.15) is 36.7 Å². The third-order valence-corrected chi connectivity index (χ3v) is 6.14. The molecule has 1 aromatic heterocycles. The van der Waals surface area contributed by atoms with E-state index >= 15 is 0 Å². The number of β-amino-alcohol motifs (C(OH)–C–C–N with tert-alkyl or cyclic N) is 1. The number of ether oxygens (including phenoxy) is 1. The Bertz CT molecular complexity index is 1250. The van der Waals surface area contributed by atoms with E-state index in [1.54, 1.807) is 42.5 Å². The summed E-state index contributed by atoms with van der Waals surface area (Å²) >= 11 is 0. The first kappa shape index (κ1) is 27.6. The topological polar surface area (TPSA) is 48.8 Å². The number of nitrogens with zero attached hydrogens (tertiary/aromatic N) is 3. The number of hydrogen-bond acceptors (Lipinski definition) is 5. The van der Waals surface area contributed by atoms with Crippen LogP contribution >= 0.6 is 0 Å². The van der Waals surface area contributed by atoms with E-state index in [1.807, 2.05) is 18.7 Å². The minimum atomic E-state index is -4.90. The second-order valence-corrected chi connectivity index (χ2v) is 9.35. The Morgan fingerprint density at radius 1 is 0.947 bits per heavy atom. The lowest BCUT2D eigenvalue weighted by atomic mass is 9.97. The summed E-state index contributed by atoms with van der Waals surface area (Å²) in [5.74, 6) is 0.409. The van der Waals surface area contributed by atoms with Crippen molar-refractivity contribution in [1.29, 1.82) is 0 Å². The van der Waals surface area contributed by atoms with Crippen molar-refractivity contribution in [3.05, 3.63) is 83.6 Å². The summed E-state index contributed by atoms with van der Waals surface area (Å²) in [5, 5.41) is 9.93. The van der Waals surface area contributed by atoms with E-state index in [9.17, 15) is 31.4 Å². The first-order valence-corrected chi connectivity index (χ1v) is 12.0. The van der Waals surface area contributed by atoms with Gasteiger partial charge in [0.25, 0.3) is 0 Å². The highest BCUT2D eigenvalue weighted by Crippen LogP contribution is 2.43. The molecule has 1 aliphatic rings. The summed E-state index contributed by atoms with van der Waals surface area (Å²) in [6.45, 7) is 3.17. The van der Waals surface area contributed by atoms with E-state index in [0.29, 0.717) is 22.9 Å². The quantitative estimate of drug-likeness (QED) is 0.353. The molecule has 0 fully saturated rings. The van der Waals surface area contributed by atoms with Crippen LogP contribution in [0.15, 0.2) is 66.7 Å². The molecule has 2 unspecified atom stereocenters. The average Bonchev–Trinajstić information content (AvgIpc) is 2.84. The van der Waals surface area contributed by atoms with E-state index in [1.165, 1.54) is 17.0 Å². The Morgan fingerprint density at radius 3 is 2.29 bits per heavy atom. The highest BCUT2D eigenvalue weighted by atomic mass is 19.4. The van der Waals surface area contributed by atoms with Gasteiger partial charge in [0.1, 0.15) is 0 Å². The van der Waals surface area contributed by atoms with Crippen molar-refractivity contribution in [3.8, 4) is 5.88 Å². The average molecular weight is 540 g/mol. The molecule has 4 rings (SSSR count). The maximum Gasteiger partial charge on any atom is 0.416 e. The molecule has 0 radical (unpaired) electrons. The molecule has 2 heterocycles. The van der Waals surface area contributed by atoms with Gasteiger partial charge in [-0.25, -0.2) is 4.98 Å². The number of benzene rings is 2. The van der Waals surface area contributed by atoms with Crippen LogP contribution in [-0.4, -0.2) is 41.6 Å². The zero-order valence-corrected chi connectivity index (χ0v) is 20.7. The molecule has 2 aromatic carbocycles. The molecule has 11 heteroatoms. The van der Waals surface area contributed by atoms with Crippen molar-refractivity contribution in [2.45, 2.75) is 51.0 Å². The Kier molecular flexibility index (Phi) is 7.78. The van der Waals surface area contributed by atoms with Crippen molar-refractivity contribution >= 4 is 11.4 Å². The lowest BCUT2D eigenvalue weighted by Crippen LogP contribution is -2.49. The van der Waals surface area contributed by atoms with Gasteiger partial charge < -0.3 is 19.6 Å². The number of aromatic nitrogens is 1. The molecule has 0 saturated heterocycles. The number of alkyl halides is 6. The number of fused-ring (bicyclic) bond motifs is 1. The second kappa shape index (κ2) is 10.7. The number of anilines is 2. The predicted molar refractivity (Wildman–Crippen MR) is 131 cm³/mol. The standard InChI is InChI=1S/C27H27F6N3O2/c1-17(2)38-25-12-6-9-20(34-25)14-35-15-23(18-7-5-8-19(13-18)26(28,29)30)36(16-24(37)27(31,32)33)22-11-4-3-10-21(22)35/h3-13,17,23-24,37H,14-16H2,1-2H3. The number of aliphatic hydroxyl groups excluding tert-OH is 1. The summed E-state index contributed by atoms with van der Waals surface area (Å²) in [7, 11) is 0. The van der Waals surface area contributed by atoms with Crippen LogP contribution in [0.2, 0.25) is 0 Å². The molecule has 0 saturated carbocycles. The Morgan fingerprint density at radius 2 is 1.63 bits per heavy atom. The van der Waals surface area contributed by atoms with Crippen LogP contribution in [0.4, 0.5) is 37.7 Å². The number of pyridine rings is 1. The van der Waals surface area contributed by atoms with Crippen molar-refractivity contribution in [1.82, 2.24) is 4.98 Å². The van der Waals surface area contributed by atoms with Crippen LogP contribution in [0.3, 0.4) is 0 Å². The van der Waals surface area contributed by atoms with E-state index in [0.717, 1.165) is 12.1 Å². The van der Waals surface area contributed by atoms with E-state index < -0.39 is 36.6 Å². The molecule has 204 valence electrons. The summed E-state index contributed by atoms with van der Waals surface area (Å²) in [4.78, 5) is 7.69. The van der Waals surface area contributed by atoms with Crippen molar-refractivity contribution in [2.75, 3.05) is 22.9 Å². The van der Waals surface area contributed by atoms with Gasteiger partial charge in [-0.05, 0) is 49.7 Å². The van der Waals surface area contributed by atoms with Gasteiger partial charge in [-0.3, -0.25) is 0 Å². The van der Waals surface area contributed by atoms with Crippen LogP contribution < -0.4 is 14.5 Å². The van der Waals surface area contributed by atoms with Crippen LogP contribution in [0.25, 0.3) is 0 Å². The molecule has 5 nitrogen and oxygen atoms in total. The normalized spacial score (nSPS) is 16.9. The van der Waals surface area contributed by atoms with Gasteiger partial charge >= 0.3 is 12.4 Å². The van der Waals surface area contributed by atoms with E-state index in [2.05, 4.69) is 4.98 Å². The Balaban J connectivity index is 1.77. The fourth-order valence-corrected chi connectivity index (χ4v) is 4.47. The maximum atomic E-state index is 13.5. The fourth-order valence-electron chi connectivity index (χ4n) is 4.47. The zero-order chi connectivity index (χ0) is 27.7. The van der Waals surface area contributed by atoms with Gasteiger partial charge in [-0.2, -0.15) is 26.3 Å². The second-order valence-electron chi connectivity index (χ2n) is 9.35. The molecule has 3 aromatic rings. The number of halogens is 6. The van der Waals surface area contributed by atoms with Crippen LogP contribution in [0.5, 0.6) is 5.88 Å². The summed E-state index contributed by atoms with van der Waals surface area (Å²) in [6.07, 6.45) is -12.3. The summed E-state index contributed by atoms with van der Waals surface area (Å²) < 4.78 is 86.3. The van der Waals surface area contributed by atoms with E-state index in [4.69, 9.17) is 4.74 Å². The molecule has 0 aliphatic carbocycles. The van der Waals surface area contributed by atoms with E-state index in [-0.39, 0.29) is 24.8 Å². The number of hydrogen-bond donors (Lipinski definition) is 1. The van der Waals surface area contributed by atoms with Crippen molar-refractivity contribution in [3.63, 3.8) is 0 Å². The van der Waals surface area contributed by atoms with Crippen LogP contribution in [0, 0.1) is 0 Å². The molecule has 1 aliphatic heterocycles. The minimum Gasteiger partial charge on any atom is -0.475 e. The molecular weight excluding hydrogens is 512 g/mol. The van der Waals surface area contributed by atoms with Gasteiger partial charge in [0, 0.05) is 12.6 Å². The summed E-state index contributed by atoms with van der Waals surface area (Å²) in [6, 6.07) is 15.5. The SMILES string of the molecule is CC(C)Oc1cccc(CN2CC(c3cccc(C(F)(F)F)c3)N(CC(O)C(F)(F)F)c3ccccc32)n1. The highest BCUT2D eigenvalue weighted by molar-refractivity contribution is 5.74. The monoisotopic (exact) mass is 539 g/mol. The Labute approximate surface area is 216 Å². The molecule has 2 atom stereocenters. The predicted octanol–water partition coefficient (Wildman–Crippen LogP) is 6.38. The lowest BCUT2D eigenvalue weighted by molar-refractivity contribution is -0.200. The number of para-hydroxylation sites is 2. The third-order valence-electron chi connectivity index (χ3n) is 6.14. The highest BCUT2D eigenvalue weighted by Gasteiger charge is 2.43. The largest absolute Gasteiger partial charge is 0.475 e. The number of aliphatic hydroxyl groups is 1. The fraction of sp³-hybridized carbons (Fsp3) is 0.370. The van der Waals surface area contributed by atoms with Gasteiger partial charge in [0.05, 0.1) is 47.9 Å². The molecule has 1 N–H and O–H groups in total. The van der Waals surface area contributed by atoms with Crippen molar-refractivity contribution < 1.29 is 36.2 Å². The summed E-state index contributed by atoms with van der Waals surface area (Å²) in [5.41, 5.74) is 0.820. The van der Waals surface area contributed by atoms with Gasteiger partial charge in [-0.15, -0.1) is 0 Å². The minimum absolute atomic E-state index is 0.0554. The third kappa shape index (κ3) is 6.32. The number of rotatable bonds is 7. The molecule has 0 bridgehead atoms. The lowest BCUT2D eigenvalue weighted by Gasteiger charge is -2.45. The first-order valence-electron chi connectivity index (χ1n) is 12.0. The smallest absolute Gasteiger partial charge is 0.416 e. The van der Waals surface area contributed by atoms with Crippen LogP contribution in [-0.2, 0) is 12.7 Å². The Hall–Kier alpha value is -3.47. The van der Waals surface area contributed by atoms with Gasteiger partial charge in [0.2, 0.25) is 5.88 Å². The molecule has 0 spiro atoms. The molecule has 38 heavy (non-hydrogen) atoms. The van der Waals surface area contributed by atoms with Crippen molar-refractivity contribution in [2.24, 2.45) is 0 Å².